The molecule has 1 fully saturated rings. The van der Waals surface area contributed by atoms with Crippen LogP contribution < -0.4 is 10.6 Å². The molecule has 18 heavy (non-hydrogen) atoms. The molecule has 2 aliphatic rings. The Kier molecular flexibility index (Phi) is 3.03. The minimum atomic E-state index is -2.79. The largest absolute Gasteiger partial charge is 0.384 e. The number of sulfone groups is 1. The fourth-order valence-electron chi connectivity index (χ4n) is 2.77. The first-order valence-electron chi connectivity index (χ1n) is 6.42. The van der Waals surface area contributed by atoms with Crippen LogP contribution >= 0.6 is 0 Å². The highest BCUT2D eigenvalue weighted by molar-refractivity contribution is 7.91. The summed E-state index contributed by atoms with van der Waals surface area (Å²) in [4.78, 5) is 0. The van der Waals surface area contributed by atoms with E-state index in [2.05, 4.69) is 28.8 Å². The standard InChI is InChI=1S/C13H18N2O2S/c16-18(17)7-5-12(9-18)15-8-11-3-1-2-10-4-6-14-13(10)11/h1-3,12,14-15H,4-9H2. The Morgan fingerprint density at radius 1 is 1.39 bits per heavy atom. The van der Waals surface area contributed by atoms with E-state index in [9.17, 15) is 8.42 Å². The fraction of sp³-hybridized carbons (Fsp3) is 0.538. The van der Waals surface area contributed by atoms with Crippen molar-refractivity contribution in [2.45, 2.75) is 25.4 Å². The molecule has 98 valence electrons. The van der Waals surface area contributed by atoms with Crippen LogP contribution in [-0.2, 0) is 22.8 Å². The molecule has 1 aromatic carbocycles. The van der Waals surface area contributed by atoms with E-state index in [-0.39, 0.29) is 11.8 Å². The molecule has 1 unspecified atom stereocenters. The van der Waals surface area contributed by atoms with Gasteiger partial charge >= 0.3 is 0 Å². The molecule has 2 aliphatic heterocycles. The van der Waals surface area contributed by atoms with Crippen LogP contribution in [0.5, 0.6) is 0 Å². The van der Waals surface area contributed by atoms with Crippen LogP contribution in [0.1, 0.15) is 17.5 Å². The third kappa shape index (κ3) is 2.37. The molecule has 1 saturated heterocycles. The number of anilines is 1. The van der Waals surface area contributed by atoms with Crippen LogP contribution in [0.15, 0.2) is 18.2 Å². The van der Waals surface area contributed by atoms with E-state index in [0.717, 1.165) is 25.9 Å². The van der Waals surface area contributed by atoms with Gasteiger partial charge < -0.3 is 10.6 Å². The molecule has 0 radical (unpaired) electrons. The second-order valence-corrected chi connectivity index (χ2v) is 7.34. The maximum atomic E-state index is 11.4. The van der Waals surface area contributed by atoms with Gasteiger partial charge in [-0.2, -0.15) is 0 Å². The Balaban J connectivity index is 1.66. The second kappa shape index (κ2) is 4.55. The van der Waals surface area contributed by atoms with E-state index in [1.165, 1.54) is 16.8 Å². The van der Waals surface area contributed by atoms with Crippen LogP contribution in [0.2, 0.25) is 0 Å². The summed E-state index contributed by atoms with van der Waals surface area (Å²) in [5, 5.41) is 6.77. The van der Waals surface area contributed by atoms with Crippen molar-refractivity contribution in [3.63, 3.8) is 0 Å². The van der Waals surface area contributed by atoms with Crippen molar-refractivity contribution >= 4 is 15.5 Å². The normalized spacial score (nSPS) is 24.8. The number of hydrogen-bond donors (Lipinski definition) is 2. The number of hydrogen-bond acceptors (Lipinski definition) is 4. The number of nitrogens with one attached hydrogen (secondary N) is 2. The lowest BCUT2D eigenvalue weighted by Crippen LogP contribution is -2.29. The van der Waals surface area contributed by atoms with E-state index in [0.29, 0.717) is 5.75 Å². The molecule has 0 bridgehead atoms. The van der Waals surface area contributed by atoms with E-state index >= 15 is 0 Å². The minimum absolute atomic E-state index is 0.118. The summed E-state index contributed by atoms with van der Waals surface area (Å²) in [6, 6.07) is 6.45. The highest BCUT2D eigenvalue weighted by atomic mass is 32.2. The van der Waals surface area contributed by atoms with Crippen LogP contribution in [0.25, 0.3) is 0 Å². The summed E-state index contributed by atoms with van der Waals surface area (Å²) in [5.74, 6) is 0.616. The lowest BCUT2D eigenvalue weighted by molar-refractivity contribution is 0.554. The van der Waals surface area contributed by atoms with E-state index in [1.54, 1.807) is 0 Å². The highest BCUT2D eigenvalue weighted by Gasteiger charge is 2.27. The van der Waals surface area contributed by atoms with Crippen LogP contribution in [-0.4, -0.2) is 32.5 Å². The van der Waals surface area contributed by atoms with Crippen molar-refractivity contribution in [2.75, 3.05) is 23.4 Å². The van der Waals surface area contributed by atoms with Crippen molar-refractivity contribution in [3.05, 3.63) is 29.3 Å². The zero-order valence-electron chi connectivity index (χ0n) is 10.3. The van der Waals surface area contributed by atoms with Crippen molar-refractivity contribution in [1.82, 2.24) is 5.32 Å². The average molecular weight is 266 g/mol. The smallest absolute Gasteiger partial charge is 0.151 e. The van der Waals surface area contributed by atoms with Gasteiger partial charge in [-0.05, 0) is 24.0 Å². The monoisotopic (exact) mass is 266 g/mol. The molecule has 1 aromatic rings. The van der Waals surface area contributed by atoms with Gasteiger partial charge in [0, 0.05) is 24.8 Å². The number of benzene rings is 1. The maximum absolute atomic E-state index is 11.4. The van der Waals surface area contributed by atoms with Crippen LogP contribution in [0.4, 0.5) is 5.69 Å². The van der Waals surface area contributed by atoms with Crippen molar-refractivity contribution in [1.29, 1.82) is 0 Å². The summed E-state index contributed by atoms with van der Waals surface area (Å²) < 4.78 is 22.8. The predicted octanol–water partition coefficient (Wildman–Crippen LogP) is 0.931. The fourth-order valence-corrected chi connectivity index (χ4v) is 4.48. The molecule has 1 atom stereocenters. The maximum Gasteiger partial charge on any atom is 0.151 e. The summed E-state index contributed by atoms with van der Waals surface area (Å²) in [5.41, 5.74) is 3.86. The molecule has 0 amide bonds. The summed E-state index contributed by atoms with van der Waals surface area (Å²) in [6.07, 6.45) is 1.83. The first kappa shape index (κ1) is 12.0. The zero-order chi connectivity index (χ0) is 12.6. The van der Waals surface area contributed by atoms with E-state index in [4.69, 9.17) is 0 Å². The van der Waals surface area contributed by atoms with Crippen molar-refractivity contribution < 1.29 is 8.42 Å². The first-order chi connectivity index (χ1) is 8.64. The Labute approximate surface area is 108 Å². The molecule has 4 nitrogen and oxygen atoms in total. The SMILES string of the molecule is O=S1(=O)CCC(NCc2cccc3c2NCC3)C1. The molecule has 0 saturated carbocycles. The van der Waals surface area contributed by atoms with Gasteiger partial charge in [0.1, 0.15) is 0 Å². The Bertz CT molecular complexity index is 554. The summed E-state index contributed by atoms with van der Waals surface area (Å²) in [7, 11) is -2.79. The lowest BCUT2D eigenvalue weighted by atomic mass is 10.1. The van der Waals surface area contributed by atoms with Gasteiger partial charge in [-0.15, -0.1) is 0 Å². The quantitative estimate of drug-likeness (QED) is 0.854. The van der Waals surface area contributed by atoms with Crippen molar-refractivity contribution in [3.8, 4) is 0 Å². The Hall–Kier alpha value is -1.07. The highest BCUT2D eigenvalue weighted by Crippen LogP contribution is 2.26. The molecule has 0 aliphatic carbocycles. The minimum Gasteiger partial charge on any atom is -0.384 e. The molecule has 5 heteroatoms. The van der Waals surface area contributed by atoms with Crippen molar-refractivity contribution in [2.24, 2.45) is 0 Å². The molecule has 2 N–H and O–H groups in total. The van der Waals surface area contributed by atoms with Gasteiger partial charge in [0.2, 0.25) is 0 Å². The van der Waals surface area contributed by atoms with E-state index < -0.39 is 9.84 Å². The zero-order valence-corrected chi connectivity index (χ0v) is 11.1. The average Bonchev–Trinajstić information content (AvgIpc) is 2.92. The third-order valence-electron chi connectivity index (χ3n) is 3.75. The van der Waals surface area contributed by atoms with Gasteiger partial charge in [-0.1, -0.05) is 18.2 Å². The van der Waals surface area contributed by atoms with Crippen LogP contribution in [0.3, 0.4) is 0 Å². The Morgan fingerprint density at radius 2 is 2.28 bits per heavy atom. The van der Waals surface area contributed by atoms with Gasteiger partial charge in [-0.3, -0.25) is 0 Å². The van der Waals surface area contributed by atoms with E-state index in [1.807, 2.05) is 0 Å². The molecule has 0 spiro atoms. The number of para-hydroxylation sites is 1. The first-order valence-corrected chi connectivity index (χ1v) is 8.25. The molecular formula is C13H18N2O2S. The molecular weight excluding hydrogens is 248 g/mol. The summed E-state index contributed by atoms with van der Waals surface area (Å²) >= 11 is 0. The lowest BCUT2D eigenvalue weighted by Gasteiger charge is -2.13. The molecule has 0 aromatic heterocycles. The van der Waals surface area contributed by atoms with Gasteiger partial charge in [0.05, 0.1) is 11.5 Å². The van der Waals surface area contributed by atoms with Gasteiger partial charge in [0.25, 0.3) is 0 Å². The molecule has 2 heterocycles. The molecule has 3 rings (SSSR count). The van der Waals surface area contributed by atoms with Crippen LogP contribution in [0, 0.1) is 0 Å². The second-order valence-electron chi connectivity index (χ2n) is 5.11. The summed E-state index contributed by atoms with van der Waals surface area (Å²) in [6.45, 7) is 1.75. The number of fused-ring (bicyclic) bond motifs is 1. The number of rotatable bonds is 3. The van der Waals surface area contributed by atoms with Gasteiger partial charge in [0.15, 0.2) is 9.84 Å². The third-order valence-corrected chi connectivity index (χ3v) is 5.51. The Morgan fingerprint density at radius 3 is 3.06 bits per heavy atom. The topological polar surface area (TPSA) is 58.2 Å². The predicted molar refractivity (Wildman–Crippen MR) is 72.5 cm³/mol. The van der Waals surface area contributed by atoms with Gasteiger partial charge in [-0.25, -0.2) is 8.42 Å².